The number of rotatable bonds is 5. The molecule has 0 unspecified atom stereocenters. The van der Waals surface area contributed by atoms with E-state index in [1.54, 1.807) is 4.90 Å². The number of halogens is 1. The molecule has 0 amide bonds. The van der Waals surface area contributed by atoms with E-state index in [-0.39, 0.29) is 0 Å². The minimum Gasteiger partial charge on any atom is -0.350 e. The summed E-state index contributed by atoms with van der Waals surface area (Å²) in [7, 11) is 3.71. The first-order valence-corrected chi connectivity index (χ1v) is 6.76. The highest BCUT2D eigenvalue weighted by Crippen LogP contribution is 2.17. The SMILES string of the molecule is CN(C)c1nc(NN)nc(NCc2ccccc2Br)n1. The van der Waals surface area contributed by atoms with Crippen LogP contribution in [0, 0.1) is 0 Å². The van der Waals surface area contributed by atoms with Gasteiger partial charge in [-0.1, -0.05) is 34.1 Å². The zero-order chi connectivity index (χ0) is 14.5. The Hall–Kier alpha value is -1.93. The molecule has 0 aliphatic rings. The fraction of sp³-hybridized carbons (Fsp3) is 0.250. The molecule has 0 saturated heterocycles. The molecule has 2 rings (SSSR count). The van der Waals surface area contributed by atoms with E-state index < -0.39 is 0 Å². The first kappa shape index (κ1) is 14.5. The topological polar surface area (TPSA) is 92.0 Å². The van der Waals surface area contributed by atoms with Crippen molar-refractivity contribution in [2.45, 2.75) is 6.54 Å². The summed E-state index contributed by atoms with van der Waals surface area (Å²) in [5, 5.41) is 3.16. The Labute approximate surface area is 125 Å². The minimum absolute atomic E-state index is 0.318. The van der Waals surface area contributed by atoms with Gasteiger partial charge in [0.15, 0.2) is 0 Å². The van der Waals surface area contributed by atoms with Crippen molar-refractivity contribution < 1.29 is 0 Å². The maximum Gasteiger partial charge on any atom is 0.243 e. The lowest BCUT2D eigenvalue weighted by atomic mass is 10.2. The fourth-order valence-electron chi connectivity index (χ4n) is 1.52. The molecule has 20 heavy (non-hydrogen) atoms. The van der Waals surface area contributed by atoms with Crippen molar-refractivity contribution in [1.82, 2.24) is 15.0 Å². The summed E-state index contributed by atoms with van der Waals surface area (Å²) in [5.74, 6) is 6.68. The van der Waals surface area contributed by atoms with Crippen molar-refractivity contribution in [3.8, 4) is 0 Å². The number of aromatic nitrogens is 3. The second-order valence-electron chi connectivity index (χ2n) is 4.27. The molecule has 8 heteroatoms. The van der Waals surface area contributed by atoms with E-state index >= 15 is 0 Å². The number of hydrogen-bond acceptors (Lipinski definition) is 7. The van der Waals surface area contributed by atoms with Crippen LogP contribution in [-0.4, -0.2) is 29.0 Å². The molecule has 0 fully saturated rings. The third-order valence-electron chi connectivity index (χ3n) is 2.55. The van der Waals surface area contributed by atoms with Crippen LogP contribution in [0.25, 0.3) is 0 Å². The summed E-state index contributed by atoms with van der Waals surface area (Å²) < 4.78 is 1.03. The molecule has 0 atom stereocenters. The number of nitrogens with two attached hydrogens (primary N) is 1. The number of nitrogen functional groups attached to an aromatic ring is 1. The zero-order valence-electron chi connectivity index (χ0n) is 11.3. The summed E-state index contributed by atoms with van der Waals surface area (Å²) in [6.07, 6.45) is 0. The maximum absolute atomic E-state index is 5.36. The molecule has 2 aromatic rings. The minimum atomic E-state index is 0.318. The molecule has 0 radical (unpaired) electrons. The van der Waals surface area contributed by atoms with Gasteiger partial charge < -0.3 is 10.2 Å². The van der Waals surface area contributed by atoms with Crippen molar-refractivity contribution in [2.24, 2.45) is 5.84 Å². The predicted octanol–water partition coefficient (Wildman–Crippen LogP) is 1.60. The van der Waals surface area contributed by atoms with Gasteiger partial charge in [-0.3, -0.25) is 5.43 Å². The highest BCUT2D eigenvalue weighted by molar-refractivity contribution is 9.10. The van der Waals surface area contributed by atoms with Crippen LogP contribution in [0.5, 0.6) is 0 Å². The Bertz CT molecular complexity index is 588. The molecule has 0 aliphatic heterocycles. The third-order valence-corrected chi connectivity index (χ3v) is 3.32. The molecule has 0 aliphatic carbocycles. The molecule has 1 aromatic carbocycles. The standard InChI is InChI=1S/C12H16BrN7/c1-20(2)12-17-10(16-11(18-12)19-14)15-7-8-5-3-4-6-9(8)13/h3-6H,7,14H2,1-2H3,(H2,15,16,17,18,19). The zero-order valence-corrected chi connectivity index (χ0v) is 12.8. The van der Waals surface area contributed by atoms with E-state index in [0.29, 0.717) is 24.4 Å². The lowest BCUT2D eigenvalue weighted by molar-refractivity contribution is 0.938. The van der Waals surface area contributed by atoms with E-state index in [0.717, 1.165) is 10.0 Å². The quantitative estimate of drug-likeness (QED) is 0.563. The number of nitrogens with one attached hydrogen (secondary N) is 2. The Morgan fingerprint density at radius 3 is 2.50 bits per heavy atom. The van der Waals surface area contributed by atoms with Gasteiger partial charge in [0.2, 0.25) is 17.8 Å². The molecular formula is C12H16BrN7. The van der Waals surface area contributed by atoms with Gasteiger partial charge in [-0.25, -0.2) is 5.84 Å². The summed E-state index contributed by atoms with van der Waals surface area (Å²) >= 11 is 3.50. The largest absolute Gasteiger partial charge is 0.350 e. The highest BCUT2D eigenvalue weighted by atomic mass is 79.9. The van der Waals surface area contributed by atoms with Crippen molar-refractivity contribution in [2.75, 3.05) is 29.7 Å². The van der Waals surface area contributed by atoms with Crippen LogP contribution in [0.3, 0.4) is 0 Å². The monoisotopic (exact) mass is 337 g/mol. The summed E-state index contributed by atoms with van der Waals surface area (Å²) in [6.45, 7) is 0.600. The highest BCUT2D eigenvalue weighted by Gasteiger charge is 2.07. The lowest BCUT2D eigenvalue weighted by Gasteiger charge is -2.13. The van der Waals surface area contributed by atoms with Crippen LogP contribution in [0.15, 0.2) is 28.7 Å². The lowest BCUT2D eigenvalue weighted by Crippen LogP contribution is -2.19. The molecule has 0 spiro atoms. The predicted molar refractivity (Wildman–Crippen MR) is 83.4 cm³/mol. The maximum atomic E-state index is 5.36. The van der Waals surface area contributed by atoms with Crippen LogP contribution in [0.2, 0.25) is 0 Å². The van der Waals surface area contributed by atoms with E-state index in [2.05, 4.69) is 41.6 Å². The third kappa shape index (κ3) is 3.55. The number of anilines is 3. The molecular weight excluding hydrogens is 322 g/mol. The number of benzene rings is 1. The number of hydrazine groups is 1. The van der Waals surface area contributed by atoms with Crippen LogP contribution < -0.4 is 21.5 Å². The summed E-state index contributed by atoms with van der Waals surface area (Å²) in [5.41, 5.74) is 3.55. The van der Waals surface area contributed by atoms with Gasteiger partial charge in [0, 0.05) is 25.1 Å². The normalized spacial score (nSPS) is 10.2. The van der Waals surface area contributed by atoms with Gasteiger partial charge >= 0.3 is 0 Å². The average Bonchev–Trinajstić information content (AvgIpc) is 2.46. The fourth-order valence-corrected chi connectivity index (χ4v) is 1.95. The van der Waals surface area contributed by atoms with Crippen LogP contribution in [-0.2, 0) is 6.54 Å². The molecule has 0 bridgehead atoms. The first-order chi connectivity index (χ1) is 9.60. The molecule has 0 saturated carbocycles. The molecule has 106 valence electrons. The Balaban J connectivity index is 2.17. The Kier molecular flexibility index (Phi) is 4.70. The number of nitrogens with zero attached hydrogens (tertiary/aromatic N) is 4. The second kappa shape index (κ2) is 6.49. The summed E-state index contributed by atoms with van der Waals surface area (Å²) in [4.78, 5) is 14.4. The average molecular weight is 338 g/mol. The van der Waals surface area contributed by atoms with Crippen LogP contribution >= 0.6 is 15.9 Å². The molecule has 1 heterocycles. The number of hydrogen-bond donors (Lipinski definition) is 3. The Morgan fingerprint density at radius 2 is 1.85 bits per heavy atom. The van der Waals surface area contributed by atoms with Crippen molar-refractivity contribution >= 4 is 33.8 Å². The van der Waals surface area contributed by atoms with Gasteiger partial charge in [-0.15, -0.1) is 0 Å². The van der Waals surface area contributed by atoms with E-state index in [1.165, 1.54) is 0 Å². The van der Waals surface area contributed by atoms with Crippen molar-refractivity contribution in [3.63, 3.8) is 0 Å². The van der Waals surface area contributed by atoms with E-state index in [4.69, 9.17) is 5.84 Å². The van der Waals surface area contributed by atoms with E-state index in [9.17, 15) is 0 Å². The van der Waals surface area contributed by atoms with Crippen LogP contribution in [0.1, 0.15) is 5.56 Å². The van der Waals surface area contributed by atoms with Crippen molar-refractivity contribution in [3.05, 3.63) is 34.3 Å². The van der Waals surface area contributed by atoms with Crippen molar-refractivity contribution in [1.29, 1.82) is 0 Å². The van der Waals surface area contributed by atoms with Gasteiger partial charge in [-0.2, -0.15) is 15.0 Å². The van der Waals surface area contributed by atoms with Gasteiger partial charge in [0.05, 0.1) is 0 Å². The van der Waals surface area contributed by atoms with Gasteiger partial charge in [0.25, 0.3) is 0 Å². The van der Waals surface area contributed by atoms with Gasteiger partial charge in [0.1, 0.15) is 0 Å². The first-order valence-electron chi connectivity index (χ1n) is 5.97. The smallest absolute Gasteiger partial charge is 0.243 e. The van der Waals surface area contributed by atoms with Crippen LogP contribution in [0.4, 0.5) is 17.8 Å². The summed E-state index contributed by atoms with van der Waals surface area (Å²) in [6, 6.07) is 7.96. The second-order valence-corrected chi connectivity index (χ2v) is 5.12. The Morgan fingerprint density at radius 1 is 1.15 bits per heavy atom. The molecule has 1 aromatic heterocycles. The van der Waals surface area contributed by atoms with E-state index in [1.807, 2.05) is 38.4 Å². The van der Waals surface area contributed by atoms with Gasteiger partial charge in [-0.05, 0) is 11.6 Å². The molecule has 4 N–H and O–H groups in total. The molecule has 7 nitrogen and oxygen atoms in total.